The van der Waals surface area contributed by atoms with Crippen LogP contribution in [-0.4, -0.2) is 20.7 Å². The maximum absolute atomic E-state index is 12.3. The van der Waals surface area contributed by atoms with Crippen LogP contribution >= 0.6 is 0 Å². The number of pyridine rings is 1. The molecule has 1 aromatic carbocycles. The molecule has 126 valence electrons. The molecule has 1 amide bonds. The summed E-state index contributed by atoms with van der Waals surface area (Å²) >= 11 is 0. The number of hydrogen-bond acceptors (Lipinski definition) is 4. The molecule has 0 fully saturated rings. The first-order valence-electron chi connectivity index (χ1n) is 8.20. The monoisotopic (exact) mass is 333 g/mol. The number of nitrogens with two attached hydrogens (primary N) is 1. The molecule has 3 aromatic rings. The van der Waals surface area contributed by atoms with Gasteiger partial charge in [0.2, 0.25) is 5.91 Å². The van der Waals surface area contributed by atoms with Gasteiger partial charge in [-0.25, -0.2) is 9.67 Å². The summed E-state index contributed by atoms with van der Waals surface area (Å²) < 4.78 is 1.86. The average Bonchev–Trinajstić information content (AvgIpc) is 3.06. The second kappa shape index (κ2) is 5.73. The van der Waals surface area contributed by atoms with Gasteiger partial charge in [0.25, 0.3) is 0 Å². The third-order valence-electron chi connectivity index (χ3n) is 4.55. The lowest BCUT2D eigenvalue weighted by atomic mass is 9.83. The van der Waals surface area contributed by atoms with E-state index < -0.39 is 0 Å². The molecule has 6 nitrogen and oxygen atoms in total. The maximum Gasteiger partial charge on any atom is 0.226 e. The summed E-state index contributed by atoms with van der Waals surface area (Å²) in [5.74, 6) is 0.801. The van der Waals surface area contributed by atoms with Crippen molar-refractivity contribution in [2.45, 2.75) is 26.2 Å². The predicted octanol–water partition coefficient (Wildman–Crippen LogP) is 2.94. The Kier molecular flexibility index (Phi) is 3.53. The van der Waals surface area contributed by atoms with Crippen molar-refractivity contribution in [3.05, 3.63) is 65.0 Å². The van der Waals surface area contributed by atoms with E-state index in [0.717, 1.165) is 27.9 Å². The molecule has 3 heterocycles. The van der Waals surface area contributed by atoms with E-state index in [-0.39, 0.29) is 11.8 Å². The molecule has 4 rings (SSSR count). The number of nitrogens with one attached hydrogen (secondary N) is 1. The number of nitrogen functional groups attached to an aromatic ring is 1. The van der Waals surface area contributed by atoms with Crippen LogP contribution in [0.2, 0.25) is 0 Å². The molecule has 1 unspecified atom stereocenters. The topological polar surface area (TPSA) is 85.8 Å². The smallest absolute Gasteiger partial charge is 0.226 e. The van der Waals surface area contributed by atoms with Crippen molar-refractivity contribution in [3.8, 4) is 5.69 Å². The van der Waals surface area contributed by atoms with Gasteiger partial charge in [0.15, 0.2) is 0 Å². The molecule has 0 aliphatic carbocycles. The van der Waals surface area contributed by atoms with E-state index in [1.807, 2.05) is 23.0 Å². The standard InChI is InChI=1S/C19H19N5O/c1-11-8-12(2)18(24-7-3-6-21-24)15(9-11)14-10-17(25)23-19-13(14)4-5-16(20)22-19/h3-9,14H,10H2,1-2H3,(H3,20,22,23,25). The van der Waals surface area contributed by atoms with Crippen molar-refractivity contribution in [2.75, 3.05) is 11.1 Å². The van der Waals surface area contributed by atoms with Crippen molar-refractivity contribution < 1.29 is 4.79 Å². The first-order valence-corrected chi connectivity index (χ1v) is 8.20. The van der Waals surface area contributed by atoms with Gasteiger partial charge in [-0.1, -0.05) is 23.8 Å². The van der Waals surface area contributed by atoms with E-state index in [1.165, 1.54) is 0 Å². The van der Waals surface area contributed by atoms with Crippen LogP contribution in [0.3, 0.4) is 0 Å². The van der Waals surface area contributed by atoms with Crippen molar-refractivity contribution in [3.63, 3.8) is 0 Å². The van der Waals surface area contributed by atoms with Crippen LogP contribution in [0.25, 0.3) is 5.69 Å². The Morgan fingerprint density at radius 3 is 2.84 bits per heavy atom. The number of aryl methyl sites for hydroxylation is 2. The number of benzene rings is 1. The molecular weight excluding hydrogens is 314 g/mol. The van der Waals surface area contributed by atoms with Gasteiger partial charge in [-0.2, -0.15) is 5.10 Å². The zero-order valence-corrected chi connectivity index (χ0v) is 14.2. The Balaban J connectivity index is 1.95. The highest BCUT2D eigenvalue weighted by atomic mass is 16.1. The van der Waals surface area contributed by atoms with Crippen molar-refractivity contribution in [2.24, 2.45) is 0 Å². The number of hydrogen-bond donors (Lipinski definition) is 2. The summed E-state index contributed by atoms with van der Waals surface area (Å²) in [4.78, 5) is 16.6. The fraction of sp³-hybridized carbons (Fsp3) is 0.211. The molecule has 0 saturated heterocycles. The third-order valence-corrected chi connectivity index (χ3v) is 4.55. The van der Waals surface area contributed by atoms with E-state index in [4.69, 9.17) is 5.73 Å². The number of carbonyl (C=O) groups is 1. The van der Waals surface area contributed by atoms with Gasteiger partial charge < -0.3 is 11.1 Å². The Hall–Kier alpha value is -3.15. The van der Waals surface area contributed by atoms with Crippen LogP contribution < -0.4 is 11.1 Å². The van der Waals surface area contributed by atoms with E-state index in [0.29, 0.717) is 18.1 Å². The lowest BCUT2D eigenvalue weighted by Crippen LogP contribution is -2.25. The zero-order chi connectivity index (χ0) is 17.6. The van der Waals surface area contributed by atoms with Gasteiger partial charge in [-0.15, -0.1) is 0 Å². The number of rotatable bonds is 2. The summed E-state index contributed by atoms with van der Waals surface area (Å²) in [5, 5.41) is 7.23. The molecule has 3 N–H and O–H groups in total. The molecule has 0 radical (unpaired) electrons. The molecule has 2 aromatic heterocycles. The Bertz CT molecular complexity index is 962. The third kappa shape index (κ3) is 2.65. The summed E-state index contributed by atoms with van der Waals surface area (Å²) in [5.41, 5.74) is 11.1. The molecule has 25 heavy (non-hydrogen) atoms. The van der Waals surface area contributed by atoms with Crippen LogP contribution in [0.1, 0.15) is 34.6 Å². The summed E-state index contributed by atoms with van der Waals surface area (Å²) in [6, 6.07) is 9.89. The molecule has 6 heteroatoms. The van der Waals surface area contributed by atoms with E-state index in [1.54, 1.807) is 12.3 Å². The molecule has 0 spiro atoms. The molecule has 0 saturated carbocycles. The first-order chi connectivity index (χ1) is 12.0. The van der Waals surface area contributed by atoms with E-state index in [2.05, 4.69) is 41.4 Å². The fourth-order valence-corrected chi connectivity index (χ4v) is 3.59. The van der Waals surface area contributed by atoms with Crippen LogP contribution in [0.4, 0.5) is 11.6 Å². The number of amides is 1. The van der Waals surface area contributed by atoms with Gasteiger partial charge >= 0.3 is 0 Å². The number of nitrogens with zero attached hydrogens (tertiary/aromatic N) is 3. The van der Waals surface area contributed by atoms with Crippen molar-refractivity contribution in [1.82, 2.24) is 14.8 Å². The minimum absolute atomic E-state index is 0.0545. The molecule has 1 aliphatic heterocycles. The highest BCUT2D eigenvalue weighted by Gasteiger charge is 2.30. The van der Waals surface area contributed by atoms with Gasteiger partial charge in [-0.05, 0) is 37.1 Å². The number of anilines is 2. The quantitative estimate of drug-likeness (QED) is 0.755. The van der Waals surface area contributed by atoms with Gasteiger partial charge in [0, 0.05) is 30.3 Å². The lowest BCUT2D eigenvalue weighted by molar-refractivity contribution is -0.116. The molecule has 0 bridgehead atoms. The largest absolute Gasteiger partial charge is 0.384 e. The SMILES string of the molecule is Cc1cc(C)c(-n2cccn2)c(C2CC(=O)Nc3nc(N)ccc32)c1. The van der Waals surface area contributed by atoms with E-state index in [9.17, 15) is 4.79 Å². The first kappa shape index (κ1) is 15.4. The molecule has 1 atom stereocenters. The Morgan fingerprint density at radius 2 is 2.08 bits per heavy atom. The number of carbonyl (C=O) groups excluding carboxylic acids is 1. The van der Waals surface area contributed by atoms with Gasteiger partial charge in [0.1, 0.15) is 11.6 Å². The average molecular weight is 333 g/mol. The second-order valence-electron chi connectivity index (χ2n) is 6.45. The van der Waals surface area contributed by atoms with E-state index >= 15 is 0 Å². The number of aromatic nitrogens is 3. The predicted molar refractivity (Wildman–Crippen MR) is 96.8 cm³/mol. The summed E-state index contributed by atoms with van der Waals surface area (Å²) in [6.07, 6.45) is 4.05. The van der Waals surface area contributed by atoms with Crippen LogP contribution in [0.15, 0.2) is 42.7 Å². The lowest BCUT2D eigenvalue weighted by Gasteiger charge is -2.28. The summed E-state index contributed by atoms with van der Waals surface area (Å²) in [7, 11) is 0. The normalized spacial score (nSPS) is 16.4. The minimum Gasteiger partial charge on any atom is -0.384 e. The van der Waals surface area contributed by atoms with Crippen LogP contribution in [0, 0.1) is 13.8 Å². The van der Waals surface area contributed by atoms with Crippen LogP contribution in [-0.2, 0) is 4.79 Å². The van der Waals surface area contributed by atoms with Crippen LogP contribution in [0.5, 0.6) is 0 Å². The fourth-order valence-electron chi connectivity index (χ4n) is 3.59. The van der Waals surface area contributed by atoms with Crippen molar-refractivity contribution >= 4 is 17.5 Å². The van der Waals surface area contributed by atoms with Gasteiger partial charge in [0.05, 0.1) is 5.69 Å². The highest BCUT2D eigenvalue weighted by Crippen LogP contribution is 2.40. The second-order valence-corrected chi connectivity index (χ2v) is 6.45. The maximum atomic E-state index is 12.3. The minimum atomic E-state index is -0.0883. The number of fused-ring (bicyclic) bond motifs is 1. The Morgan fingerprint density at radius 1 is 1.24 bits per heavy atom. The zero-order valence-electron chi connectivity index (χ0n) is 14.2. The highest BCUT2D eigenvalue weighted by molar-refractivity contribution is 5.94. The van der Waals surface area contributed by atoms with Crippen molar-refractivity contribution in [1.29, 1.82) is 0 Å². The van der Waals surface area contributed by atoms with Gasteiger partial charge in [-0.3, -0.25) is 4.79 Å². The molecular formula is C19H19N5O. The Labute approximate surface area is 145 Å². The summed E-state index contributed by atoms with van der Waals surface area (Å²) in [6.45, 7) is 4.13. The molecule has 1 aliphatic rings.